The van der Waals surface area contributed by atoms with Gasteiger partial charge in [-0.25, -0.2) is 0 Å². The molecule has 1 amide bonds. The van der Waals surface area contributed by atoms with E-state index < -0.39 is 0 Å². The van der Waals surface area contributed by atoms with Crippen molar-refractivity contribution in [2.75, 3.05) is 0 Å². The van der Waals surface area contributed by atoms with Gasteiger partial charge in [-0.15, -0.1) is 0 Å². The molecule has 1 rings (SSSR count). The van der Waals surface area contributed by atoms with Crippen molar-refractivity contribution < 1.29 is 4.79 Å². The van der Waals surface area contributed by atoms with E-state index >= 15 is 0 Å². The number of nitrogens with one attached hydrogen (secondary N) is 1. The number of hydrogen-bond acceptors (Lipinski definition) is 3. The molecule has 0 aliphatic heterocycles. The predicted octanol–water partition coefficient (Wildman–Crippen LogP) is -0.535. The van der Waals surface area contributed by atoms with Gasteiger partial charge in [0.25, 0.3) is 0 Å². The Hall–Kier alpha value is -1.08. The molecular weight excluding hydrogens is 130 g/mol. The fourth-order valence-electron chi connectivity index (χ4n) is 0.764. The molecule has 0 heterocycles. The number of nitriles is 1. The lowest BCUT2D eigenvalue weighted by molar-refractivity contribution is -0.120. The van der Waals surface area contributed by atoms with Crippen LogP contribution < -0.4 is 11.1 Å². The van der Waals surface area contributed by atoms with Gasteiger partial charge in [0.05, 0.1) is 0 Å². The van der Waals surface area contributed by atoms with E-state index in [0.717, 1.165) is 12.8 Å². The molecule has 0 aromatic heterocycles. The Morgan fingerprint density at radius 3 is 2.80 bits per heavy atom. The van der Waals surface area contributed by atoms with Crippen LogP contribution >= 0.6 is 0 Å². The maximum absolute atomic E-state index is 10.7. The highest BCUT2D eigenvalue weighted by Crippen LogP contribution is 2.35. The largest absolute Gasteiger partial charge is 0.325 e. The van der Waals surface area contributed by atoms with Crippen molar-refractivity contribution in [2.45, 2.75) is 24.8 Å². The van der Waals surface area contributed by atoms with Crippen LogP contribution in [0, 0.1) is 11.5 Å². The van der Waals surface area contributed by atoms with Gasteiger partial charge in [-0.1, -0.05) is 0 Å². The number of nitrogens with zero attached hydrogens (tertiary/aromatic N) is 1. The molecule has 0 unspecified atom stereocenters. The molecule has 10 heavy (non-hydrogen) atoms. The first-order chi connectivity index (χ1) is 4.66. The molecule has 0 spiro atoms. The molecular formula is C6H9N3O. The first-order valence-electron chi connectivity index (χ1n) is 3.13. The highest BCUT2D eigenvalue weighted by Gasteiger charge is 2.39. The fraction of sp³-hybridized carbons (Fsp3) is 0.667. The highest BCUT2D eigenvalue weighted by molar-refractivity contribution is 5.79. The van der Waals surface area contributed by atoms with Crippen LogP contribution in [0.25, 0.3) is 0 Å². The summed E-state index contributed by atoms with van der Waals surface area (Å²) in [5, 5.41) is 10.1. The van der Waals surface area contributed by atoms with E-state index in [9.17, 15) is 4.79 Å². The lowest BCUT2D eigenvalue weighted by Crippen LogP contribution is -2.30. The van der Waals surface area contributed by atoms with Gasteiger partial charge in [-0.2, -0.15) is 5.26 Å². The van der Waals surface area contributed by atoms with Gasteiger partial charge in [-0.3, -0.25) is 10.1 Å². The number of rotatable bonds is 2. The van der Waals surface area contributed by atoms with Crippen molar-refractivity contribution in [1.29, 1.82) is 5.26 Å². The van der Waals surface area contributed by atoms with Crippen LogP contribution in [0.3, 0.4) is 0 Å². The van der Waals surface area contributed by atoms with Crippen LogP contribution in [0.2, 0.25) is 0 Å². The summed E-state index contributed by atoms with van der Waals surface area (Å²) in [6.45, 7) is 0. The summed E-state index contributed by atoms with van der Waals surface area (Å²) < 4.78 is 0. The summed E-state index contributed by atoms with van der Waals surface area (Å²) in [6, 6.07) is 0. The van der Waals surface area contributed by atoms with Crippen LogP contribution in [0.5, 0.6) is 0 Å². The third-order valence-corrected chi connectivity index (χ3v) is 1.60. The summed E-state index contributed by atoms with van der Waals surface area (Å²) in [5.74, 6) is -0.275. The van der Waals surface area contributed by atoms with Gasteiger partial charge in [-0.05, 0) is 12.8 Å². The zero-order chi connectivity index (χ0) is 7.61. The minimum atomic E-state index is -0.291. The second kappa shape index (κ2) is 2.27. The van der Waals surface area contributed by atoms with Gasteiger partial charge in [0.2, 0.25) is 5.91 Å². The molecule has 0 saturated heterocycles. The van der Waals surface area contributed by atoms with Crippen LogP contribution in [-0.4, -0.2) is 11.4 Å². The molecule has 4 heteroatoms. The maximum Gasteiger partial charge on any atom is 0.234 e. The van der Waals surface area contributed by atoms with Crippen molar-refractivity contribution in [3.05, 3.63) is 0 Å². The summed E-state index contributed by atoms with van der Waals surface area (Å²) in [4.78, 5) is 10.7. The molecule has 1 aliphatic carbocycles. The van der Waals surface area contributed by atoms with Crippen molar-refractivity contribution in [1.82, 2.24) is 5.32 Å². The molecule has 0 radical (unpaired) electrons. The number of carbonyl (C=O) groups excluding carboxylic acids is 1. The van der Waals surface area contributed by atoms with E-state index in [0.29, 0.717) is 0 Å². The number of amides is 1. The predicted molar refractivity (Wildman–Crippen MR) is 34.5 cm³/mol. The molecule has 0 bridgehead atoms. The Balaban J connectivity index is 2.26. The fourth-order valence-corrected chi connectivity index (χ4v) is 0.764. The number of carbonyl (C=O) groups is 1. The smallest absolute Gasteiger partial charge is 0.234 e. The molecule has 4 nitrogen and oxygen atoms in total. The highest BCUT2D eigenvalue weighted by atomic mass is 16.1. The third kappa shape index (κ3) is 1.71. The van der Waals surface area contributed by atoms with E-state index in [1.54, 1.807) is 6.19 Å². The molecule has 1 fully saturated rings. The molecule has 0 atom stereocenters. The van der Waals surface area contributed by atoms with Crippen molar-refractivity contribution in [3.63, 3.8) is 0 Å². The Bertz CT molecular complexity index is 190. The minimum Gasteiger partial charge on any atom is -0.325 e. The third-order valence-electron chi connectivity index (χ3n) is 1.60. The Morgan fingerprint density at radius 1 is 1.80 bits per heavy atom. The molecule has 0 aromatic carbocycles. The second-order valence-electron chi connectivity index (χ2n) is 2.70. The molecule has 0 aromatic rings. The first kappa shape index (κ1) is 7.03. The monoisotopic (exact) mass is 139 g/mol. The average molecular weight is 139 g/mol. The summed E-state index contributed by atoms with van der Waals surface area (Å²) >= 11 is 0. The van der Waals surface area contributed by atoms with E-state index in [-0.39, 0.29) is 17.9 Å². The molecule has 3 N–H and O–H groups in total. The Labute approximate surface area is 59.0 Å². The van der Waals surface area contributed by atoms with Crippen molar-refractivity contribution in [2.24, 2.45) is 5.73 Å². The molecule has 1 saturated carbocycles. The zero-order valence-corrected chi connectivity index (χ0v) is 5.55. The van der Waals surface area contributed by atoms with Gasteiger partial charge in [0.15, 0.2) is 6.19 Å². The van der Waals surface area contributed by atoms with E-state index in [1.807, 2.05) is 5.32 Å². The maximum atomic E-state index is 10.7. The van der Waals surface area contributed by atoms with Crippen molar-refractivity contribution >= 4 is 5.91 Å². The standard InChI is InChI=1S/C6H9N3O/c7-4-9-5(10)3-6(8)1-2-6/h1-3,8H2,(H,9,10). The average Bonchev–Trinajstić information content (AvgIpc) is 2.48. The van der Waals surface area contributed by atoms with Crippen LogP contribution in [0.15, 0.2) is 0 Å². The zero-order valence-electron chi connectivity index (χ0n) is 5.55. The van der Waals surface area contributed by atoms with Crippen molar-refractivity contribution in [3.8, 4) is 6.19 Å². The van der Waals surface area contributed by atoms with E-state index in [4.69, 9.17) is 11.0 Å². The SMILES string of the molecule is N#CNC(=O)CC1(N)CC1. The van der Waals surface area contributed by atoms with Crippen LogP contribution in [0.4, 0.5) is 0 Å². The number of hydrogen-bond donors (Lipinski definition) is 2. The quantitative estimate of drug-likeness (QED) is 0.398. The second-order valence-corrected chi connectivity index (χ2v) is 2.70. The van der Waals surface area contributed by atoms with Crippen LogP contribution in [-0.2, 0) is 4.79 Å². The summed E-state index contributed by atoms with van der Waals surface area (Å²) in [5.41, 5.74) is 5.32. The lowest BCUT2D eigenvalue weighted by Gasteiger charge is -2.03. The normalized spacial score (nSPS) is 19.2. The van der Waals surface area contributed by atoms with Crippen LogP contribution in [0.1, 0.15) is 19.3 Å². The Kier molecular flexibility index (Phi) is 1.60. The van der Waals surface area contributed by atoms with Gasteiger partial charge >= 0.3 is 0 Å². The topological polar surface area (TPSA) is 78.9 Å². The summed E-state index contributed by atoms with van der Waals surface area (Å²) in [6.07, 6.45) is 3.63. The summed E-state index contributed by atoms with van der Waals surface area (Å²) in [7, 11) is 0. The lowest BCUT2D eigenvalue weighted by atomic mass is 10.2. The minimum absolute atomic E-state index is 0.275. The molecule has 54 valence electrons. The first-order valence-corrected chi connectivity index (χ1v) is 3.13. The van der Waals surface area contributed by atoms with Gasteiger partial charge < -0.3 is 5.73 Å². The van der Waals surface area contributed by atoms with E-state index in [1.165, 1.54) is 0 Å². The van der Waals surface area contributed by atoms with E-state index in [2.05, 4.69) is 0 Å². The molecule has 1 aliphatic rings. The number of nitrogens with two attached hydrogens (primary N) is 1. The van der Waals surface area contributed by atoms with Gasteiger partial charge in [0.1, 0.15) is 0 Å². The van der Waals surface area contributed by atoms with Gasteiger partial charge in [0, 0.05) is 12.0 Å². The Morgan fingerprint density at radius 2 is 2.40 bits per heavy atom.